The normalized spacial score (nSPS) is 13.9. The zero-order valence-corrected chi connectivity index (χ0v) is 9.00. The molecule has 0 aliphatic heterocycles. The quantitative estimate of drug-likeness (QED) is 0.813. The average Bonchev–Trinajstić information content (AvgIpc) is 2.18. The Morgan fingerprint density at radius 2 is 1.86 bits per heavy atom. The maximum absolute atomic E-state index is 11.7. The molecule has 0 amide bonds. The van der Waals surface area contributed by atoms with Crippen LogP contribution in [0.15, 0.2) is 35.2 Å². The van der Waals surface area contributed by atoms with Crippen LogP contribution in [0, 0.1) is 5.92 Å². The van der Waals surface area contributed by atoms with E-state index in [1.807, 2.05) is 6.92 Å². The maximum atomic E-state index is 11.7. The van der Waals surface area contributed by atoms with Crippen LogP contribution in [0.4, 0.5) is 0 Å². The van der Waals surface area contributed by atoms with E-state index in [9.17, 15) is 8.42 Å². The SMILES string of the molecule is CC(CN)CS(=O)(=O)c1ccccc1. The van der Waals surface area contributed by atoms with Gasteiger partial charge in [0.25, 0.3) is 0 Å². The van der Waals surface area contributed by atoms with Crippen LogP contribution in [0.2, 0.25) is 0 Å². The minimum absolute atomic E-state index is 0.000191. The molecule has 14 heavy (non-hydrogen) atoms. The molecule has 0 heterocycles. The molecule has 1 unspecified atom stereocenters. The summed E-state index contributed by atoms with van der Waals surface area (Å²) in [5.74, 6) is 0.119. The molecule has 3 nitrogen and oxygen atoms in total. The summed E-state index contributed by atoms with van der Waals surface area (Å²) in [6.07, 6.45) is 0. The number of rotatable bonds is 4. The summed E-state index contributed by atoms with van der Waals surface area (Å²) < 4.78 is 23.5. The van der Waals surface area contributed by atoms with Crippen LogP contribution >= 0.6 is 0 Å². The van der Waals surface area contributed by atoms with Crippen molar-refractivity contribution < 1.29 is 8.42 Å². The second-order valence-corrected chi connectivity index (χ2v) is 5.47. The molecule has 1 rings (SSSR count). The Kier molecular flexibility index (Phi) is 3.66. The van der Waals surface area contributed by atoms with Gasteiger partial charge in [0.15, 0.2) is 9.84 Å². The topological polar surface area (TPSA) is 60.2 Å². The molecule has 0 saturated carbocycles. The molecule has 0 radical (unpaired) electrons. The first-order valence-corrected chi connectivity index (χ1v) is 6.19. The highest BCUT2D eigenvalue weighted by atomic mass is 32.2. The first-order chi connectivity index (χ1) is 6.56. The van der Waals surface area contributed by atoms with Crippen molar-refractivity contribution in [3.8, 4) is 0 Å². The lowest BCUT2D eigenvalue weighted by Crippen LogP contribution is -2.21. The third-order valence-corrected chi connectivity index (χ3v) is 4.01. The van der Waals surface area contributed by atoms with Gasteiger partial charge in [-0.2, -0.15) is 0 Å². The lowest BCUT2D eigenvalue weighted by molar-refractivity contribution is 0.574. The molecule has 0 aliphatic carbocycles. The predicted molar refractivity (Wildman–Crippen MR) is 56.7 cm³/mol. The van der Waals surface area contributed by atoms with E-state index >= 15 is 0 Å². The second kappa shape index (κ2) is 4.57. The van der Waals surface area contributed by atoms with Gasteiger partial charge in [0.05, 0.1) is 10.6 Å². The van der Waals surface area contributed by atoms with Crippen LogP contribution in [0.5, 0.6) is 0 Å². The summed E-state index contributed by atoms with van der Waals surface area (Å²) in [6, 6.07) is 8.46. The van der Waals surface area contributed by atoms with E-state index < -0.39 is 9.84 Å². The molecule has 0 saturated heterocycles. The number of benzene rings is 1. The van der Waals surface area contributed by atoms with Gasteiger partial charge < -0.3 is 5.73 Å². The molecule has 1 aromatic rings. The molecule has 0 aromatic heterocycles. The van der Waals surface area contributed by atoms with Crippen LogP contribution in [0.3, 0.4) is 0 Å². The minimum atomic E-state index is -3.15. The summed E-state index contributed by atoms with van der Waals surface area (Å²) >= 11 is 0. The van der Waals surface area contributed by atoms with Crippen LogP contribution in [-0.4, -0.2) is 20.7 Å². The third-order valence-electron chi connectivity index (χ3n) is 2.01. The van der Waals surface area contributed by atoms with Gasteiger partial charge in [-0.1, -0.05) is 25.1 Å². The van der Waals surface area contributed by atoms with Crippen molar-refractivity contribution >= 4 is 9.84 Å². The van der Waals surface area contributed by atoms with Crippen LogP contribution in [-0.2, 0) is 9.84 Å². The van der Waals surface area contributed by atoms with Gasteiger partial charge >= 0.3 is 0 Å². The maximum Gasteiger partial charge on any atom is 0.178 e. The fourth-order valence-corrected chi connectivity index (χ4v) is 2.82. The number of hydrogen-bond acceptors (Lipinski definition) is 3. The summed E-state index contributed by atoms with van der Waals surface area (Å²) in [4.78, 5) is 0.375. The van der Waals surface area contributed by atoms with Crippen molar-refractivity contribution in [3.63, 3.8) is 0 Å². The van der Waals surface area contributed by atoms with Gasteiger partial charge in [-0.25, -0.2) is 8.42 Å². The molecule has 78 valence electrons. The molecule has 0 fully saturated rings. The highest BCUT2D eigenvalue weighted by molar-refractivity contribution is 7.91. The first kappa shape index (κ1) is 11.2. The van der Waals surface area contributed by atoms with E-state index in [1.54, 1.807) is 30.3 Å². The van der Waals surface area contributed by atoms with Gasteiger partial charge in [-0.3, -0.25) is 0 Å². The fourth-order valence-electron chi connectivity index (χ4n) is 1.17. The Balaban J connectivity index is 2.87. The smallest absolute Gasteiger partial charge is 0.178 e. The zero-order chi connectivity index (χ0) is 10.6. The lowest BCUT2D eigenvalue weighted by atomic mass is 10.2. The van der Waals surface area contributed by atoms with Crippen molar-refractivity contribution in [3.05, 3.63) is 30.3 Å². The third kappa shape index (κ3) is 2.82. The predicted octanol–water partition coefficient (Wildman–Crippen LogP) is 1.06. The Hall–Kier alpha value is -0.870. The fraction of sp³-hybridized carbons (Fsp3) is 0.400. The van der Waals surface area contributed by atoms with Crippen LogP contribution < -0.4 is 5.73 Å². The molecular formula is C10H15NO2S. The van der Waals surface area contributed by atoms with Gasteiger partial charge in [-0.05, 0) is 24.6 Å². The average molecular weight is 213 g/mol. The van der Waals surface area contributed by atoms with Crippen LogP contribution in [0.1, 0.15) is 6.92 Å². The molecule has 0 spiro atoms. The second-order valence-electron chi connectivity index (χ2n) is 3.44. The Morgan fingerprint density at radius 3 is 2.36 bits per heavy atom. The van der Waals surface area contributed by atoms with Gasteiger partial charge in [0.2, 0.25) is 0 Å². The van der Waals surface area contributed by atoms with Crippen molar-refractivity contribution in [2.45, 2.75) is 11.8 Å². The molecule has 0 bridgehead atoms. The highest BCUT2D eigenvalue weighted by Crippen LogP contribution is 2.12. The largest absolute Gasteiger partial charge is 0.330 e. The molecule has 0 aliphatic rings. The molecule has 1 aromatic carbocycles. The van der Waals surface area contributed by atoms with Crippen molar-refractivity contribution in [1.82, 2.24) is 0 Å². The summed E-state index contributed by atoms with van der Waals surface area (Å²) in [5, 5.41) is 0. The molecule has 2 N–H and O–H groups in total. The summed E-state index contributed by atoms with van der Waals surface area (Å²) in [5.41, 5.74) is 5.39. The first-order valence-electron chi connectivity index (χ1n) is 4.54. The lowest BCUT2D eigenvalue weighted by Gasteiger charge is -2.08. The van der Waals surface area contributed by atoms with E-state index in [0.717, 1.165) is 0 Å². The van der Waals surface area contributed by atoms with Gasteiger partial charge in [0, 0.05) is 0 Å². The minimum Gasteiger partial charge on any atom is -0.330 e. The van der Waals surface area contributed by atoms with Crippen molar-refractivity contribution in [2.75, 3.05) is 12.3 Å². The van der Waals surface area contributed by atoms with E-state index in [2.05, 4.69) is 0 Å². The number of sulfone groups is 1. The Bertz CT molecular complexity index is 372. The van der Waals surface area contributed by atoms with E-state index in [4.69, 9.17) is 5.73 Å². The summed E-state index contributed by atoms with van der Waals surface area (Å²) in [7, 11) is -3.15. The molecule has 4 heteroatoms. The monoisotopic (exact) mass is 213 g/mol. The zero-order valence-electron chi connectivity index (χ0n) is 8.18. The van der Waals surface area contributed by atoms with Crippen molar-refractivity contribution in [2.24, 2.45) is 11.7 Å². The number of nitrogens with two attached hydrogens (primary N) is 1. The van der Waals surface area contributed by atoms with Crippen molar-refractivity contribution in [1.29, 1.82) is 0 Å². The van der Waals surface area contributed by atoms with E-state index in [-0.39, 0.29) is 11.7 Å². The van der Waals surface area contributed by atoms with Crippen LogP contribution in [0.25, 0.3) is 0 Å². The van der Waals surface area contributed by atoms with Gasteiger partial charge in [0.1, 0.15) is 0 Å². The molecular weight excluding hydrogens is 198 g/mol. The van der Waals surface area contributed by atoms with E-state index in [1.165, 1.54) is 0 Å². The Morgan fingerprint density at radius 1 is 1.29 bits per heavy atom. The van der Waals surface area contributed by atoms with E-state index in [0.29, 0.717) is 11.4 Å². The molecule has 1 atom stereocenters. The van der Waals surface area contributed by atoms with Gasteiger partial charge in [-0.15, -0.1) is 0 Å². The highest BCUT2D eigenvalue weighted by Gasteiger charge is 2.16. The summed E-state index contributed by atoms with van der Waals surface area (Å²) in [6.45, 7) is 2.23. The number of hydrogen-bond donors (Lipinski definition) is 1. The standard InChI is InChI=1S/C10H15NO2S/c1-9(7-11)8-14(12,13)10-5-3-2-4-6-10/h2-6,9H,7-8,11H2,1H3. The Labute approximate surface area is 84.9 Å².